The van der Waals surface area contributed by atoms with E-state index in [1.807, 2.05) is 11.0 Å². The fraction of sp³-hybridized carbons (Fsp3) is 0.312. The molecule has 1 aliphatic rings. The van der Waals surface area contributed by atoms with Gasteiger partial charge in [-0.1, -0.05) is 6.07 Å². The molecule has 0 N–H and O–H groups in total. The maximum Gasteiger partial charge on any atom is 0.416 e. The van der Waals surface area contributed by atoms with E-state index in [1.54, 1.807) is 6.07 Å². The average molecular weight is 318 g/mol. The fourth-order valence-electron chi connectivity index (χ4n) is 2.80. The second-order valence-electron chi connectivity index (χ2n) is 5.33. The van der Waals surface area contributed by atoms with Crippen LogP contribution >= 0.6 is 0 Å². The lowest BCUT2D eigenvalue weighted by Gasteiger charge is -2.32. The van der Waals surface area contributed by atoms with Crippen molar-refractivity contribution in [3.63, 3.8) is 0 Å². The van der Waals surface area contributed by atoms with Gasteiger partial charge in [-0.25, -0.2) is 9.97 Å². The Morgan fingerprint density at radius 3 is 2.61 bits per heavy atom. The zero-order chi connectivity index (χ0) is 16.4. The third-order valence-corrected chi connectivity index (χ3v) is 3.82. The summed E-state index contributed by atoms with van der Waals surface area (Å²) in [5.41, 5.74) is 0.700. The molecule has 0 unspecified atom stereocenters. The van der Waals surface area contributed by atoms with Crippen molar-refractivity contribution in [3.05, 3.63) is 53.1 Å². The number of nitriles is 1. The highest BCUT2D eigenvalue weighted by atomic mass is 19.4. The molecule has 0 fully saturated rings. The van der Waals surface area contributed by atoms with E-state index < -0.39 is 11.7 Å². The van der Waals surface area contributed by atoms with Crippen LogP contribution in [0.25, 0.3) is 0 Å². The molecule has 0 bridgehead atoms. The van der Waals surface area contributed by atoms with Crippen LogP contribution in [0.4, 0.5) is 18.9 Å². The predicted molar refractivity (Wildman–Crippen MR) is 77.6 cm³/mol. The molecule has 0 amide bonds. The Morgan fingerprint density at radius 1 is 1.22 bits per heavy atom. The molecule has 1 aromatic heterocycles. The topological polar surface area (TPSA) is 52.8 Å². The van der Waals surface area contributed by atoms with Crippen LogP contribution in [-0.2, 0) is 19.1 Å². The standard InChI is InChI=1S/C16H13F3N4/c17-16(18,19)13-4-1-5-14-12(13)3-2-6-23(14)10-15-21-8-11(7-20)9-22-15/h1,4-5,8-9H,2-3,6,10H2. The average Bonchev–Trinajstić information content (AvgIpc) is 2.54. The van der Waals surface area contributed by atoms with E-state index in [2.05, 4.69) is 9.97 Å². The zero-order valence-electron chi connectivity index (χ0n) is 12.1. The maximum absolute atomic E-state index is 13.1. The van der Waals surface area contributed by atoms with E-state index in [1.165, 1.54) is 18.5 Å². The van der Waals surface area contributed by atoms with Crippen molar-refractivity contribution >= 4 is 5.69 Å². The number of hydrogen-bond donors (Lipinski definition) is 0. The number of halogens is 3. The summed E-state index contributed by atoms with van der Waals surface area (Å²) >= 11 is 0. The third kappa shape index (κ3) is 3.11. The number of alkyl halides is 3. The second kappa shape index (κ2) is 5.88. The van der Waals surface area contributed by atoms with Gasteiger partial charge in [0.25, 0.3) is 0 Å². The summed E-state index contributed by atoms with van der Waals surface area (Å²) in [6, 6.07) is 6.19. The SMILES string of the molecule is N#Cc1cnc(CN2CCCc3c2cccc3C(F)(F)F)nc1. The van der Waals surface area contributed by atoms with Crippen LogP contribution in [0.5, 0.6) is 0 Å². The van der Waals surface area contributed by atoms with Gasteiger partial charge in [-0.15, -0.1) is 0 Å². The van der Waals surface area contributed by atoms with E-state index in [0.29, 0.717) is 48.6 Å². The van der Waals surface area contributed by atoms with Gasteiger partial charge in [0, 0.05) is 24.6 Å². The Labute approximate surface area is 131 Å². The predicted octanol–water partition coefficient (Wildman–Crippen LogP) is 3.32. The second-order valence-corrected chi connectivity index (χ2v) is 5.33. The minimum Gasteiger partial charge on any atom is -0.364 e. The number of rotatable bonds is 2. The first-order valence-corrected chi connectivity index (χ1v) is 7.14. The first-order valence-electron chi connectivity index (χ1n) is 7.14. The van der Waals surface area contributed by atoms with Gasteiger partial charge in [-0.2, -0.15) is 18.4 Å². The highest BCUT2D eigenvalue weighted by Crippen LogP contribution is 2.39. The highest BCUT2D eigenvalue weighted by Gasteiger charge is 2.35. The van der Waals surface area contributed by atoms with Gasteiger partial charge < -0.3 is 4.90 Å². The number of nitrogens with zero attached hydrogens (tertiary/aromatic N) is 4. The first kappa shape index (κ1) is 15.3. The number of aromatic nitrogens is 2. The van der Waals surface area contributed by atoms with Gasteiger partial charge in [-0.3, -0.25) is 0 Å². The Balaban J connectivity index is 1.91. The fourth-order valence-corrected chi connectivity index (χ4v) is 2.80. The minimum absolute atomic E-state index is 0.319. The van der Waals surface area contributed by atoms with Crippen molar-refractivity contribution in [1.82, 2.24) is 9.97 Å². The number of fused-ring (bicyclic) bond motifs is 1. The lowest BCUT2D eigenvalue weighted by atomic mass is 9.96. The molecule has 0 radical (unpaired) electrons. The molecule has 0 atom stereocenters. The highest BCUT2D eigenvalue weighted by molar-refractivity contribution is 5.59. The van der Waals surface area contributed by atoms with Crippen LogP contribution in [0.15, 0.2) is 30.6 Å². The molecular weight excluding hydrogens is 305 g/mol. The van der Waals surface area contributed by atoms with E-state index in [0.717, 1.165) is 6.07 Å². The molecule has 3 rings (SSSR count). The zero-order valence-corrected chi connectivity index (χ0v) is 12.1. The largest absolute Gasteiger partial charge is 0.416 e. The third-order valence-electron chi connectivity index (χ3n) is 3.82. The van der Waals surface area contributed by atoms with Crippen LogP contribution in [0.1, 0.15) is 28.9 Å². The molecule has 4 nitrogen and oxygen atoms in total. The van der Waals surface area contributed by atoms with Crippen molar-refractivity contribution in [3.8, 4) is 6.07 Å². The molecule has 1 aliphatic heterocycles. The van der Waals surface area contributed by atoms with Crippen molar-refractivity contribution in [2.24, 2.45) is 0 Å². The summed E-state index contributed by atoms with van der Waals surface area (Å²) in [5, 5.41) is 8.74. The van der Waals surface area contributed by atoms with Crippen molar-refractivity contribution in [2.75, 3.05) is 11.4 Å². The molecule has 0 aliphatic carbocycles. The molecule has 0 saturated heterocycles. The van der Waals surface area contributed by atoms with Gasteiger partial charge in [-0.05, 0) is 30.5 Å². The van der Waals surface area contributed by atoms with Gasteiger partial charge in [0.05, 0.1) is 17.7 Å². The van der Waals surface area contributed by atoms with Crippen molar-refractivity contribution < 1.29 is 13.2 Å². The van der Waals surface area contributed by atoms with Crippen LogP contribution in [0.2, 0.25) is 0 Å². The summed E-state index contributed by atoms with van der Waals surface area (Å²) < 4.78 is 39.4. The Morgan fingerprint density at radius 2 is 1.96 bits per heavy atom. The smallest absolute Gasteiger partial charge is 0.364 e. The molecule has 0 saturated carbocycles. The Hall–Kier alpha value is -2.62. The molecule has 118 valence electrons. The van der Waals surface area contributed by atoms with E-state index >= 15 is 0 Å². The lowest BCUT2D eigenvalue weighted by Crippen LogP contribution is -2.31. The minimum atomic E-state index is -4.35. The molecule has 7 heteroatoms. The van der Waals surface area contributed by atoms with E-state index in [-0.39, 0.29) is 0 Å². The normalized spacial score (nSPS) is 14.3. The number of hydrogen-bond acceptors (Lipinski definition) is 4. The summed E-state index contributed by atoms with van der Waals surface area (Å²) in [6.07, 6.45) is -0.454. The van der Waals surface area contributed by atoms with E-state index in [4.69, 9.17) is 5.26 Å². The molecule has 2 aromatic rings. The number of anilines is 1. The van der Waals surface area contributed by atoms with Crippen LogP contribution in [0, 0.1) is 11.3 Å². The Bertz CT molecular complexity index is 747. The van der Waals surface area contributed by atoms with Gasteiger partial charge in [0.15, 0.2) is 0 Å². The van der Waals surface area contributed by atoms with Crippen LogP contribution in [0.3, 0.4) is 0 Å². The quantitative estimate of drug-likeness (QED) is 0.852. The first-order chi connectivity index (χ1) is 11.0. The van der Waals surface area contributed by atoms with Crippen molar-refractivity contribution in [1.29, 1.82) is 5.26 Å². The molecule has 23 heavy (non-hydrogen) atoms. The maximum atomic E-state index is 13.1. The lowest BCUT2D eigenvalue weighted by molar-refractivity contribution is -0.138. The Kier molecular flexibility index (Phi) is 3.90. The van der Waals surface area contributed by atoms with Gasteiger partial charge >= 0.3 is 6.18 Å². The molecular formula is C16H13F3N4. The number of benzene rings is 1. The molecule has 0 spiro atoms. The summed E-state index contributed by atoms with van der Waals surface area (Å²) in [6.45, 7) is 0.970. The van der Waals surface area contributed by atoms with Gasteiger partial charge in [0.1, 0.15) is 11.9 Å². The van der Waals surface area contributed by atoms with Crippen LogP contribution < -0.4 is 4.90 Å². The van der Waals surface area contributed by atoms with Crippen molar-refractivity contribution in [2.45, 2.75) is 25.6 Å². The molecule has 2 heterocycles. The summed E-state index contributed by atoms with van der Waals surface area (Å²) in [5.74, 6) is 0.481. The summed E-state index contributed by atoms with van der Waals surface area (Å²) in [4.78, 5) is 10.0. The van der Waals surface area contributed by atoms with Gasteiger partial charge in [0.2, 0.25) is 0 Å². The van der Waals surface area contributed by atoms with Crippen LogP contribution in [-0.4, -0.2) is 16.5 Å². The monoisotopic (exact) mass is 318 g/mol. The van der Waals surface area contributed by atoms with E-state index in [9.17, 15) is 13.2 Å². The molecule has 1 aromatic carbocycles. The summed E-state index contributed by atoms with van der Waals surface area (Å²) in [7, 11) is 0.